The zero-order valence-corrected chi connectivity index (χ0v) is 23.9. The molecule has 2 saturated heterocycles. The first kappa shape index (κ1) is 26.6. The van der Waals surface area contributed by atoms with Gasteiger partial charge >= 0.3 is 0 Å². The van der Waals surface area contributed by atoms with Crippen LogP contribution in [0, 0.1) is 4.51 Å². The van der Waals surface area contributed by atoms with Gasteiger partial charge in [-0.25, -0.2) is 0 Å². The van der Waals surface area contributed by atoms with Crippen LogP contribution in [-0.2, 0) is 9.47 Å². The van der Waals surface area contributed by atoms with E-state index in [-0.39, 0.29) is 5.43 Å². The zero-order valence-electron chi connectivity index (χ0n) is 23.1. The standard InChI is InChI=1S/C17H15NO3.C17H15NO2S/c19-15-11-16(18-7-9-20-10-8-18)21-17-13-4-2-1-3-12(13)5-6-14(15)17;21-15-11-16(18-7-9-19-10-8-18)20-17-13-4-2-1-3-12(13)5-6-14(15)17/h2*1-6,11H,7-10H2. The summed E-state index contributed by atoms with van der Waals surface area (Å²) in [6, 6.07) is 27.7. The molecule has 8 rings (SSSR count). The van der Waals surface area contributed by atoms with E-state index in [1.54, 1.807) is 6.07 Å². The minimum Gasteiger partial charge on any atom is -0.440 e. The Morgan fingerprint density at radius 3 is 1.60 bits per heavy atom. The highest BCUT2D eigenvalue weighted by molar-refractivity contribution is 7.71. The van der Waals surface area contributed by atoms with Crippen molar-refractivity contribution in [1.82, 2.24) is 0 Å². The third kappa shape index (κ3) is 5.13. The van der Waals surface area contributed by atoms with Crippen LogP contribution in [0.3, 0.4) is 0 Å². The highest BCUT2D eigenvalue weighted by Crippen LogP contribution is 2.31. The fourth-order valence-electron chi connectivity index (χ4n) is 5.62. The first-order chi connectivity index (χ1) is 20.7. The smallest absolute Gasteiger partial charge is 0.200 e. The number of fused-ring (bicyclic) bond motifs is 6. The monoisotopic (exact) mass is 578 g/mol. The van der Waals surface area contributed by atoms with Gasteiger partial charge in [0.2, 0.25) is 0 Å². The van der Waals surface area contributed by atoms with Gasteiger partial charge in [0.05, 0.1) is 36.3 Å². The van der Waals surface area contributed by atoms with Gasteiger partial charge in [0, 0.05) is 54.5 Å². The maximum absolute atomic E-state index is 12.4. The Balaban J connectivity index is 0.000000137. The molecule has 7 nitrogen and oxygen atoms in total. The molecule has 2 aliphatic heterocycles. The highest BCUT2D eigenvalue weighted by Gasteiger charge is 2.17. The topological polar surface area (TPSA) is 68.3 Å². The number of hydrogen-bond donors (Lipinski definition) is 0. The number of anilines is 2. The predicted octanol–water partition coefficient (Wildman–Crippen LogP) is 6.93. The second kappa shape index (κ2) is 11.6. The van der Waals surface area contributed by atoms with Gasteiger partial charge in [0.1, 0.15) is 11.2 Å². The summed E-state index contributed by atoms with van der Waals surface area (Å²) >= 11 is 5.56. The molecule has 4 aromatic carbocycles. The zero-order chi connectivity index (χ0) is 28.5. The van der Waals surface area contributed by atoms with Gasteiger partial charge in [-0.2, -0.15) is 0 Å². The van der Waals surface area contributed by atoms with Crippen LogP contribution in [0.25, 0.3) is 43.5 Å². The molecule has 42 heavy (non-hydrogen) atoms. The van der Waals surface area contributed by atoms with Crippen molar-refractivity contribution in [3.05, 3.63) is 99.7 Å². The summed E-state index contributed by atoms with van der Waals surface area (Å²) in [5, 5.41) is 5.96. The van der Waals surface area contributed by atoms with Crippen LogP contribution in [0.1, 0.15) is 0 Å². The maximum Gasteiger partial charge on any atom is 0.200 e. The molecule has 0 unspecified atom stereocenters. The van der Waals surface area contributed by atoms with Crippen molar-refractivity contribution in [1.29, 1.82) is 0 Å². The van der Waals surface area contributed by atoms with E-state index >= 15 is 0 Å². The molecule has 0 atom stereocenters. The van der Waals surface area contributed by atoms with E-state index in [4.69, 9.17) is 30.5 Å². The molecular formula is C34H30N2O5S. The minimum absolute atomic E-state index is 0.00324. The number of hydrogen-bond acceptors (Lipinski definition) is 8. The van der Waals surface area contributed by atoms with Crippen LogP contribution in [-0.4, -0.2) is 52.6 Å². The van der Waals surface area contributed by atoms with E-state index < -0.39 is 0 Å². The van der Waals surface area contributed by atoms with Crippen molar-refractivity contribution >= 4 is 67.5 Å². The van der Waals surface area contributed by atoms with E-state index in [0.29, 0.717) is 30.1 Å². The second-order valence-corrected chi connectivity index (χ2v) is 10.9. The van der Waals surface area contributed by atoms with Crippen molar-refractivity contribution in [2.45, 2.75) is 0 Å². The van der Waals surface area contributed by atoms with Gasteiger partial charge in [-0.1, -0.05) is 72.9 Å². The summed E-state index contributed by atoms with van der Waals surface area (Å²) in [7, 11) is 0. The summed E-state index contributed by atoms with van der Waals surface area (Å²) in [5.74, 6) is 1.47. The van der Waals surface area contributed by atoms with Gasteiger partial charge in [0.25, 0.3) is 0 Å². The molecule has 2 aliphatic rings. The molecule has 0 bridgehead atoms. The Morgan fingerprint density at radius 1 is 0.548 bits per heavy atom. The van der Waals surface area contributed by atoms with Gasteiger partial charge in [-0.05, 0) is 22.9 Å². The lowest BCUT2D eigenvalue weighted by Gasteiger charge is -2.27. The molecule has 0 amide bonds. The molecule has 4 heterocycles. The molecule has 0 aliphatic carbocycles. The minimum atomic E-state index is 0.00324. The molecule has 2 aromatic heterocycles. The van der Waals surface area contributed by atoms with Crippen LogP contribution in [0.5, 0.6) is 0 Å². The van der Waals surface area contributed by atoms with Crippen molar-refractivity contribution < 1.29 is 18.3 Å². The van der Waals surface area contributed by atoms with Crippen LogP contribution >= 0.6 is 12.2 Å². The van der Waals surface area contributed by atoms with Gasteiger partial charge < -0.3 is 28.1 Å². The van der Waals surface area contributed by atoms with Gasteiger partial charge in [-0.3, -0.25) is 4.79 Å². The Bertz CT molecular complexity index is 1880. The van der Waals surface area contributed by atoms with Gasteiger partial charge in [-0.15, -0.1) is 0 Å². The summed E-state index contributed by atoms with van der Waals surface area (Å²) in [4.78, 5) is 16.6. The number of benzene rings is 4. The van der Waals surface area contributed by atoms with Crippen LogP contribution in [0.2, 0.25) is 0 Å². The average molecular weight is 579 g/mol. The van der Waals surface area contributed by atoms with E-state index in [2.05, 4.69) is 28.0 Å². The Hall–Kier alpha value is -4.24. The lowest BCUT2D eigenvalue weighted by atomic mass is 10.1. The average Bonchev–Trinajstić information content (AvgIpc) is 3.05. The van der Waals surface area contributed by atoms with Crippen LogP contribution < -0.4 is 15.2 Å². The third-order valence-corrected chi connectivity index (χ3v) is 8.20. The summed E-state index contributed by atoms with van der Waals surface area (Å²) < 4.78 is 23.8. The Kier molecular flexibility index (Phi) is 7.34. The lowest BCUT2D eigenvalue weighted by molar-refractivity contribution is 0.120. The Labute approximate surface area is 247 Å². The lowest BCUT2D eigenvalue weighted by Crippen LogP contribution is -2.36. The van der Waals surface area contributed by atoms with Crippen LogP contribution in [0.15, 0.2) is 98.6 Å². The largest absolute Gasteiger partial charge is 0.440 e. The van der Waals surface area contributed by atoms with Gasteiger partial charge in [0.15, 0.2) is 17.2 Å². The first-order valence-electron chi connectivity index (χ1n) is 14.2. The number of ether oxygens (including phenoxy) is 2. The third-order valence-electron chi connectivity index (χ3n) is 7.86. The molecule has 212 valence electrons. The molecule has 0 saturated carbocycles. The van der Waals surface area contributed by atoms with Crippen molar-refractivity contribution in [3.63, 3.8) is 0 Å². The number of nitrogens with zero attached hydrogens (tertiary/aromatic N) is 2. The molecular weight excluding hydrogens is 548 g/mol. The van der Waals surface area contributed by atoms with E-state index in [1.807, 2.05) is 60.7 Å². The highest BCUT2D eigenvalue weighted by atomic mass is 32.1. The fourth-order valence-corrected chi connectivity index (χ4v) is 5.88. The fraction of sp³-hybridized carbons (Fsp3) is 0.235. The SMILES string of the molecule is O=c1cc(N2CCOCC2)oc2c1ccc1ccccc12.S=c1cc(N2CCOCC2)oc2c1ccc1ccccc12. The summed E-state index contributed by atoms with van der Waals surface area (Å²) in [5.41, 5.74) is 1.55. The van der Waals surface area contributed by atoms with Crippen molar-refractivity contribution in [2.24, 2.45) is 0 Å². The molecule has 0 N–H and O–H groups in total. The second-order valence-electron chi connectivity index (χ2n) is 10.4. The number of morpholine rings is 2. The first-order valence-corrected chi connectivity index (χ1v) is 14.6. The normalized spacial score (nSPS) is 15.7. The summed E-state index contributed by atoms with van der Waals surface area (Å²) in [6.45, 7) is 5.97. The van der Waals surface area contributed by atoms with E-state index in [1.165, 1.54) is 5.39 Å². The van der Waals surface area contributed by atoms with E-state index in [0.717, 1.165) is 76.9 Å². The quantitative estimate of drug-likeness (QED) is 0.162. The molecule has 0 spiro atoms. The molecule has 2 fully saturated rings. The number of rotatable bonds is 2. The Morgan fingerprint density at radius 2 is 1.02 bits per heavy atom. The van der Waals surface area contributed by atoms with Crippen LogP contribution in [0.4, 0.5) is 11.8 Å². The molecule has 0 radical (unpaired) electrons. The molecule has 8 heteroatoms. The van der Waals surface area contributed by atoms with E-state index in [9.17, 15) is 4.79 Å². The summed E-state index contributed by atoms with van der Waals surface area (Å²) in [6.07, 6.45) is 0. The van der Waals surface area contributed by atoms with Crippen molar-refractivity contribution in [2.75, 3.05) is 62.4 Å². The molecule has 6 aromatic rings. The van der Waals surface area contributed by atoms with Crippen molar-refractivity contribution in [3.8, 4) is 0 Å². The predicted molar refractivity (Wildman–Crippen MR) is 171 cm³/mol. The maximum atomic E-state index is 12.4.